The molecule has 1 aliphatic rings. The van der Waals surface area contributed by atoms with E-state index >= 15 is 0 Å². The Morgan fingerprint density at radius 1 is 1.20 bits per heavy atom. The van der Waals surface area contributed by atoms with Crippen molar-refractivity contribution in [2.45, 2.75) is 38.1 Å². The Balaban J connectivity index is 2.02. The molecule has 0 unspecified atom stereocenters. The van der Waals surface area contributed by atoms with Gasteiger partial charge in [0, 0.05) is 6.20 Å². The molecule has 0 radical (unpaired) electrons. The van der Waals surface area contributed by atoms with Gasteiger partial charge in [-0.1, -0.05) is 24.5 Å². The van der Waals surface area contributed by atoms with Crippen molar-refractivity contribution in [1.29, 1.82) is 0 Å². The Kier molecular flexibility index (Phi) is 2.12. The number of nitrogens with zero attached hydrogens (tertiary/aromatic N) is 4. The highest BCUT2D eigenvalue weighted by atomic mass is 15.4. The molecule has 4 nitrogen and oxygen atoms in total. The molecule has 2 aromatic heterocycles. The van der Waals surface area contributed by atoms with Crippen LogP contribution in [0.1, 0.15) is 38.1 Å². The monoisotopic (exact) mass is 202 g/mol. The highest BCUT2D eigenvalue weighted by molar-refractivity contribution is 5.72. The molecule has 0 atom stereocenters. The second kappa shape index (κ2) is 3.61. The molecule has 4 heteroatoms. The first-order valence-electron chi connectivity index (χ1n) is 5.60. The molecule has 0 aromatic carbocycles. The lowest BCUT2D eigenvalue weighted by Gasteiger charge is -2.21. The molecular weight excluding hydrogens is 188 g/mol. The summed E-state index contributed by atoms with van der Waals surface area (Å²) in [5, 5.41) is 8.39. The first-order chi connectivity index (χ1) is 7.45. The first kappa shape index (κ1) is 8.83. The van der Waals surface area contributed by atoms with Gasteiger partial charge in [-0.15, -0.1) is 5.10 Å². The molecule has 0 amide bonds. The third-order valence-electron chi connectivity index (χ3n) is 3.19. The van der Waals surface area contributed by atoms with Crippen molar-refractivity contribution in [3.8, 4) is 0 Å². The molecule has 3 rings (SSSR count). The van der Waals surface area contributed by atoms with Gasteiger partial charge in [-0.25, -0.2) is 4.68 Å². The van der Waals surface area contributed by atoms with E-state index in [1.165, 1.54) is 32.1 Å². The molecule has 1 fully saturated rings. The minimum atomic E-state index is 0.547. The Morgan fingerprint density at radius 2 is 2.07 bits per heavy atom. The quantitative estimate of drug-likeness (QED) is 0.712. The molecule has 78 valence electrons. The molecule has 2 heterocycles. The average Bonchev–Trinajstić information content (AvgIpc) is 2.74. The van der Waals surface area contributed by atoms with Gasteiger partial charge in [0.15, 0.2) is 0 Å². The van der Waals surface area contributed by atoms with Crippen molar-refractivity contribution in [1.82, 2.24) is 20.0 Å². The van der Waals surface area contributed by atoms with Gasteiger partial charge in [0.05, 0.1) is 17.8 Å². The standard InChI is InChI=1S/C11H14N4/c1-2-4-9(5-3-1)15-11-6-7-12-8-10(11)13-14-15/h6-9H,1-5H2. The van der Waals surface area contributed by atoms with Crippen molar-refractivity contribution in [2.75, 3.05) is 0 Å². The zero-order valence-electron chi connectivity index (χ0n) is 8.63. The van der Waals surface area contributed by atoms with Gasteiger partial charge in [0.25, 0.3) is 0 Å². The molecule has 1 saturated carbocycles. The van der Waals surface area contributed by atoms with Crippen LogP contribution < -0.4 is 0 Å². The maximum atomic E-state index is 4.25. The summed E-state index contributed by atoms with van der Waals surface area (Å²) in [7, 11) is 0. The SMILES string of the molecule is c1cc2c(cn1)nnn2C1CCCCC1. The number of fused-ring (bicyclic) bond motifs is 1. The van der Waals surface area contributed by atoms with Crippen LogP contribution in [0.25, 0.3) is 11.0 Å². The van der Waals surface area contributed by atoms with Crippen LogP contribution >= 0.6 is 0 Å². The fourth-order valence-electron chi connectivity index (χ4n) is 2.39. The summed E-state index contributed by atoms with van der Waals surface area (Å²) in [4.78, 5) is 4.06. The summed E-state index contributed by atoms with van der Waals surface area (Å²) in [6.07, 6.45) is 10.1. The molecule has 0 N–H and O–H groups in total. The topological polar surface area (TPSA) is 43.6 Å². The van der Waals surface area contributed by atoms with Crippen LogP contribution in [0, 0.1) is 0 Å². The first-order valence-corrected chi connectivity index (χ1v) is 5.60. The minimum absolute atomic E-state index is 0.547. The van der Waals surface area contributed by atoms with E-state index in [4.69, 9.17) is 0 Å². The van der Waals surface area contributed by atoms with E-state index in [1.54, 1.807) is 6.20 Å². The smallest absolute Gasteiger partial charge is 0.131 e. The zero-order valence-corrected chi connectivity index (χ0v) is 8.63. The van der Waals surface area contributed by atoms with Crippen LogP contribution in [-0.4, -0.2) is 20.0 Å². The zero-order chi connectivity index (χ0) is 10.1. The maximum Gasteiger partial charge on any atom is 0.131 e. The van der Waals surface area contributed by atoms with E-state index < -0.39 is 0 Å². The van der Waals surface area contributed by atoms with E-state index in [9.17, 15) is 0 Å². The van der Waals surface area contributed by atoms with E-state index in [2.05, 4.69) is 20.0 Å². The van der Waals surface area contributed by atoms with E-state index in [0.29, 0.717) is 6.04 Å². The van der Waals surface area contributed by atoms with Gasteiger partial charge in [-0.2, -0.15) is 0 Å². The van der Waals surface area contributed by atoms with Crippen LogP contribution in [0.15, 0.2) is 18.5 Å². The van der Waals surface area contributed by atoms with Crippen molar-refractivity contribution in [3.05, 3.63) is 18.5 Å². The predicted octanol–water partition coefficient (Wildman–Crippen LogP) is 2.33. The van der Waals surface area contributed by atoms with Gasteiger partial charge >= 0.3 is 0 Å². The van der Waals surface area contributed by atoms with Crippen LogP contribution in [-0.2, 0) is 0 Å². The van der Waals surface area contributed by atoms with Crippen LogP contribution in [0.3, 0.4) is 0 Å². The van der Waals surface area contributed by atoms with Crippen LogP contribution in [0.4, 0.5) is 0 Å². The molecule has 0 bridgehead atoms. The molecule has 2 aromatic rings. The largest absolute Gasteiger partial charge is 0.262 e. The Morgan fingerprint density at radius 3 is 2.93 bits per heavy atom. The average molecular weight is 202 g/mol. The Bertz CT molecular complexity index is 456. The number of hydrogen-bond acceptors (Lipinski definition) is 3. The fraction of sp³-hybridized carbons (Fsp3) is 0.545. The van der Waals surface area contributed by atoms with Crippen molar-refractivity contribution in [3.63, 3.8) is 0 Å². The summed E-state index contributed by atoms with van der Waals surface area (Å²) in [5.74, 6) is 0. The van der Waals surface area contributed by atoms with Crippen molar-refractivity contribution >= 4 is 11.0 Å². The van der Waals surface area contributed by atoms with Gasteiger partial charge in [-0.05, 0) is 18.9 Å². The van der Waals surface area contributed by atoms with E-state index in [0.717, 1.165) is 11.0 Å². The highest BCUT2D eigenvalue weighted by Gasteiger charge is 2.18. The lowest BCUT2D eigenvalue weighted by atomic mass is 9.95. The maximum absolute atomic E-state index is 4.25. The van der Waals surface area contributed by atoms with Crippen LogP contribution in [0.5, 0.6) is 0 Å². The number of pyridine rings is 1. The summed E-state index contributed by atoms with van der Waals surface area (Å²) in [6, 6.07) is 2.55. The predicted molar refractivity (Wildman–Crippen MR) is 57.4 cm³/mol. The number of rotatable bonds is 1. The summed E-state index contributed by atoms with van der Waals surface area (Å²) in [5.41, 5.74) is 2.03. The Labute approximate surface area is 88.3 Å². The number of aromatic nitrogens is 4. The van der Waals surface area contributed by atoms with Crippen molar-refractivity contribution in [2.24, 2.45) is 0 Å². The highest BCUT2D eigenvalue weighted by Crippen LogP contribution is 2.29. The molecule has 1 aliphatic carbocycles. The van der Waals surface area contributed by atoms with E-state index in [-0.39, 0.29) is 0 Å². The van der Waals surface area contributed by atoms with Gasteiger partial charge in [-0.3, -0.25) is 4.98 Å². The summed E-state index contributed by atoms with van der Waals surface area (Å²) < 4.78 is 2.08. The number of hydrogen-bond donors (Lipinski definition) is 0. The third-order valence-corrected chi connectivity index (χ3v) is 3.19. The van der Waals surface area contributed by atoms with Gasteiger partial charge in [0.2, 0.25) is 0 Å². The molecule has 0 spiro atoms. The van der Waals surface area contributed by atoms with Gasteiger partial charge in [0.1, 0.15) is 5.52 Å². The van der Waals surface area contributed by atoms with Crippen LogP contribution in [0.2, 0.25) is 0 Å². The minimum Gasteiger partial charge on any atom is -0.262 e. The summed E-state index contributed by atoms with van der Waals surface area (Å²) >= 11 is 0. The molecule has 15 heavy (non-hydrogen) atoms. The van der Waals surface area contributed by atoms with Crippen molar-refractivity contribution < 1.29 is 0 Å². The summed E-state index contributed by atoms with van der Waals surface area (Å²) in [6.45, 7) is 0. The second-order valence-corrected chi connectivity index (χ2v) is 4.19. The fourth-order valence-corrected chi connectivity index (χ4v) is 2.39. The normalized spacial score (nSPS) is 18.4. The Hall–Kier alpha value is -1.45. The molecule has 0 aliphatic heterocycles. The third kappa shape index (κ3) is 1.50. The lowest BCUT2D eigenvalue weighted by Crippen LogP contribution is -2.14. The molecule has 0 saturated heterocycles. The van der Waals surface area contributed by atoms with E-state index in [1.807, 2.05) is 12.3 Å². The van der Waals surface area contributed by atoms with Gasteiger partial charge < -0.3 is 0 Å². The second-order valence-electron chi connectivity index (χ2n) is 4.19. The molecular formula is C11H14N4. The lowest BCUT2D eigenvalue weighted by molar-refractivity contribution is 0.331.